The van der Waals surface area contributed by atoms with Crippen molar-refractivity contribution < 1.29 is 14.3 Å². The summed E-state index contributed by atoms with van der Waals surface area (Å²) in [5, 5.41) is 6.71. The molecule has 0 aliphatic carbocycles. The molecule has 38 heavy (non-hydrogen) atoms. The van der Waals surface area contributed by atoms with Gasteiger partial charge in [0.25, 0.3) is 11.8 Å². The van der Waals surface area contributed by atoms with E-state index in [9.17, 15) is 9.59 Å². The summed E-state index contributed by atoms with van der Waals surface area (Å²) in [6, 6.07) is 20.4. The largest absolute Gasteiger partial charge is 0.497 e. The van der Waals surface area contributed by atoms with Crippen LogP contribution in [0.3, 0.4) is 0 Å². The molecule has 3 aromatic carbocycles. The van der Waals surface area contributed by atoms with Crippen molar-refractivity contribution in [3.8, 4) is 5.75 Å². The Balaban J connectivity index is 1.39. The molecule has 0 saturated heterocycles. The summed E-state index contributed by atoms with van der Waals surface area (Å²) in [4.78, 5) is 36.5. The Kier molecular flexibility index (Phi) is 5.69. The third kappa shape index (κ3) is 3.81. The summed E-state index contributed by atoms with van der Waals surface area (Å²) in [5.41, 5.74) is 5.80. The van der Waals surface area contributed by atoms with Gasteiger partial charge in [-0.2, -0.15) is 10.1 Å². The first-order valence-electron chi connectivity index (χ1n) is 12.0. The van der Waals surface area contributed by atoms with E-state index in [4.69, 9.17) is 26.3 Å². The van der Waals surface area contributed by atoms with E-state index >= 15 is 0 Å². The monoisotopic (exact) mass is 523 g/mol. The van der Waals surface area contributed by atoms with E-state index in [0.29, 0.717) is 38.5 Å². The molecule has 2 aromatic heterocycles. The molecule has 188 valence electrons. The summed E-state index contributed by atoms with van der Waals surface area (Å²) in [6.07, 6.45) is 0. The molecule has 0 unspecified atom stereocenters. The molecule has 9 heteroatoms. The number of ether oxygens (including phenoxy) is 1. The van der Waals surface area contributed by atoms with Gasteiger partial charge in [-0.3, -0.25) is 9.59 Å². The smallest absolute Gasteiger partial charge is 0.283 e. The van der Waals surface area contributed by atoms with Gasteiger partial charge in [0, 0.05) is 10.4 Å². The van der Waals surface area contributed by atoms with Gasteiger partial charge in [-0.1, -0.05) is 41.9 Å². The first kappa shape index (κ1) is 23.8. The Bertz CT molecular complexity index is 1850. The van der Waals surface area contributed by atoms with E-state index in [-0.39, 0.29) is 6.54 Å². The van der Waals surface area contributed by atoms with E-state index < -0.39 is 11.8 Å². The second kappa shape index (κ2) is 9.08. The van der Waals surface area contributed by atoms with Crippen LogP contribution in [0.1, 0.15) is 19.4 Å². The lowest BCUT2D eigenvalue weighted by atomic mass is 9.98. The third-order valence-electron chi connectivity index (χ3n) is 6.76. The normalized spacial score (nSPS) is 15.0. The maximum absolute atomic E-state index is 13.5. The molecule has 0 fully saturated rings. The number of para-hydroxylation sites is 1. The first-order valence-corrected chi connectivity index (χ1v) is 12.4. The zero-order chi connectivity index (χ0) is 26.6. The fourth-order valence-electron chi connectivity index (χ4n) is 4.86. The molecule has 0 atom stereocenters. The molecular weight excluding hydrogens is 502 g/mol. The number of rotatable bonds is 4. The second-order valence-corrected chi connectivity index (χ2v) is 9.49. The topological polar surface area (TPSA) is 89.7 Å². The van der Waals surface area contributed by atoms with E-state index in [1.54, 1.807) is 36.8 Å². The Labute approximate surface area is 222 Å². The quantitative estimate of drug-likeness (QED) is 0.285. The number of hydrogen-bond acceptors (Lipinski definition) is 6. The Morgan fingerprint density at radius 3 is 2.53 bits per heavy atom. The van der Waals surface area contributed by atoms with Gasteiger partial charge in [-0.05, 0) is 61.4 Å². The van der Waals surface area contributed by atoms with Crippen molar-refractivity contribution in [3.05, 3.63) is 82.9 Å². The molecule has 0 radical (unpaired) electrons. The number of fused-ring (bicyclic) bond motifs is 4. The highest BCUT2D eigenvalue weighted by molar-refractivity contribution is 6.31. The summed E-state index contributed by atoms with van der Waals surface area (Å²) in [6.45, 7) is 3.45. The summed E-state index contributed by atoms with van der Waals surface area (Å²) in [7, 11) is 1.60. The predicted octanol–water partition coefficient (Wildman–Crippen LogP) is 5.62. The predicted molar refractivity (Wildman–Crippen MR) is 148 cm³/mol. The maximum Gasteiger partial charge on any atom is 0.283 e. The van der Waals surface area contributed by atoms with E-state index in [1.165, 1.54) is 0 Å². The Morgan fingerprint density at radius 1 is 1.00 bits per heavy atom. The van der Waals surface area contributed by atoms with Gasteiger partial charge in [0.1, 0.15) is 17.8 Å². The van der Waals surface area contributed by atoms with Crippen LogP contribution < -0.4 is 4.74 Å². The standard InChI is InChI=1S/C29H22ClN5O3/c1-16(18-8-11-20(38-3)12-9-18)26-17(2)33-35(29(26)37)25(36)15-34-24-7-5-4-6-21(24)27-28(34)32-22-13-10-19(30)14-23(22)31-27/h4-14H,15H2,1-3H3/b26-16-. The number of hydrogen-bond donors (Lipinski definition) is 0. The average molecular weight is 524 g/mol. The van der Waals surface area contributed by atoms with Crippen molar-refractivity contribution in [1.29, 1.82) is 0 Å². The SMILES string of the molecule is COc1ccc(/C(C)=C2\C(=O)N(C(=O)Cn3c4ccccc4c4nc5cc(Cl)ccc5nc43)N=C2C)cc1. The number of carbonyl (C=O) groups is 2. The molecule has 5 aromatic rings. The molecule has 2 amide bonds. The number of benzene rings is 3. The number of aromatic nitrogens is 3. The Morgan fingerprint density at radius 2 is 1.76 bits per heavy atom. The van der Waals surface area contributed by atoms with Gasteiger partial charge in [-0.15, -0.1) is 0 Å². The van der Waals surface area contributed by atoms with Crippen LogP contribution in [-0.2, 0) is 16.1 Å². The fourth-order valence-corrected chi connectivity index (χ4v) is 5.03. The molecule has 6 rings (SSSR count). The van der Waals surface area contributed by atoms with Crippen LogP contribution in [0.25, 0.3) is 38.7 Å². The molecule has 0 spiro atoms. The molecule has 0 saturated carbocycles. The Hall–Kier alpha value is -4.56. The third-order valence-corrected chi connectivity index (χ3v) is 6.99. The minimum Gasteiger partial charge on any atom is -0.497 e. The highest BCUT2D eigenvalue weighted by Crippen LogP contribution is 2.30. The van der Waals surface area contributed by atoms with Crippen molar-refractivity contribution in [3.63, 3.8) is 0 Å². The number of methoxy groups -OCH3 is 1. The highest BCUT2D eigenvalue weighted by Gasteiger charge is 2.34. The molecule has 1 aliphatic rings. The van der Waals surface area contributed by atoms with Gasteiger partial charge in [0.05, 0.1) is 34.9 Å². The van der Waals surface area contributed by atoms with Crippen molar-refractivity contribution >= 4 is 67.8 Å². The van der Waals surface area contributed by atoms with Crippen LogP contribution in [0, 0.1) is 0 Å². The number of carbonyl (C=O) groups excluding carboxylic acids is 2. The van der Waals surface area contributed by atoms with Crippen molar-refractivity contribution in [1.82, 2.24) is 19.5 Å². The highest BCUT2D eigenvalue weighted by atomic mass is 35.5. The zero-order valence-corrected chi connectivity index (χ0v) is 21.7. The van der Waals surface area contributed by atoms with Crippen molar-refractivity contribution in [2.75, 3.05) is 7.11 Å². The van der Waals surface area contributed by atoms with Crippen LogP contribution in [0.5, 0.6) is 5.75 Å². The van der Waals surface area contributed by atoms with Gasteiger partial charge in [-0.25, -0.2) is 9.97 Å². The minimum atomic E-state index is -0.465. The summed E-state index contributed by atoms with van der Waals surface area (Å²) < 4.78 is 7.01. The number of hydrazone groups is 1. The lowest BCUT2D eigenvalue weighted by Crippen LogP contribution is -2.32. The fraction of sp³-hybridized carbons (Fsp3) is 0.138. The van der Waals surface area contributed by atoms with Crippen LogP contribution in [0.4, 0.5) is 0 Å². The van der Waals surface area contributed by atoms with E-state index in [0.717, 1.165) is 32.8 Å². The number of halogens is 1. The average Bonchev–Trinajstić information content (AvgIpc) is 3.39. The molecule has 0 bridgehead atoms. The molecule has 3 heterocycles. The van der Waals surface area contributed by atoms with Crippen molar-refractivity contribution in [2.45, 2.75) is 20.4 Å². The molecule has 0 N–H and O–H groups in total. The number of imide groups is 1. The van der Waals surface area contributed by atoms with Gasteiger partial charge in [0.15, 0.2) is 5.65 Å². The summed E-state index contributed by atoms with van der Waals surface area (Å²) in [5.74, 6) is -0.197. The molecular formula is C29H22ClN5O3. The van der Waals surface area contributed by atoms with Crippen molar-refractivity contribution in [2.24, 2.45) is 5.10 Å². The number of amides is 2. The lowest BCUT2D eigenvalue weighted by molar-refractivity contribution is -0.141. The van der Waals surface area contributed by atoms with E-state index in [1.807, 2.05) is 55.5 Å². The van der Waals surface area contributed by atoms with Gasteiger partial charge >= 0.3 is 0 Å². The summed E-state index contributed by atoms with van der Waals surface area (Å²) >= 11 is 6.17. The maximum atomic E-state index is 13.5. The molecule has 8 nitrogen and oxygen atoms in total. The van der Waals surface area contributed by atoms with Gasteiger partial charge < -0.3 is 9.30 Å². The van der Waals surface area contributed by atoms with Gasteiger partial charge in [0.2, 0.25) is 0 Å². The molecule has 1 aliphatic heterocycles. The number of nitrogens with zero attached hydrogens (tertiary/aromatic N) is 5. The van der Waals surface area contributed by atoms with Crippen LogP contribution in [0.2, 0.25) is 5.02 Å². The first-order chi connectivity index (χ1) is 18.4. The van der Waals surface area contributed by atoms with Crippen LogP contribution >= 0.6 is 11.6 Å². The zero-order valence-electron chi connectivity index (χ0n) is 20.9. The number of allylic oxidation sites excluding steroid dienone is 1. The second-order valence-electron chi connectivity index (χ2n) is 9.06. The van der Waals surface area contributed by atoms with Crippen LogP contribution in [0.15, 0.2) is 77.4 Å². The lowest BCUT2D eigenvalue weighted by Gasteiger charge is -2.13. The minimum absolute atomic E-state index is 0.130. The van der Waals surface area contributed by atoms with Crippen LogP contribution in [-0.4, -0.2) is 44.2 Å². The van der Waals surface area contributed by atoms with E-state index in [2.05, 4.69) is 5.10 Å².